The fourth-order valence-corrected chi connectivity index (χ4v) is 3.28. The van der Waals surface area contributed by atoms with Crippen molar-refractivity contribution in [1.29, 1.82) is 0 Å². The number of carbonyl (C=O) groups is 2. The average molecular weight is 408 g/mol. The third kappa shape index (κ3) is 5.96. The van der Waals surface area contributed by atoms with E-state index in [0.29, 0.717) is 22.0 Å². The van der Waals surface area contributed by atoms with Gasteiger partial charge in [0, 0.05) is 33.9 Å². The van der Waals surface area contributed by atoms with E-state index in [-0.39, 0.29) is 36.2 Å². The average Bonchev–Trinajstić information content (AvgIpc) is 2.64. The molecule has 0 radical (unpaired) electrons. The lowest BCUT2D eigenvalue weighted by Crippen LogP contribution is -2.34. The minimum atomic E-state index is -0.213. The first kappa shape index (κ1) is 21.2. The number of hydrogen-bond donors (Lipinski definition) is 3. The second kappa shape index (κ2) is 9.74. The molecule has 0 heterocycles. The van der Waals surface area contributed by atoms with Crippen LogP contribution >= 0.6 is 24.0 Å². The Morgan fingerprint density at radius 2 is 1.52 bits per heavy atom. The summed E-state index contributed by atoms with van der Waals surface area (Å²) in [7, 11) is 0. The fourth-order valence-electron chi connectivity index (χ4n) is 3.15. The van der Waals surface area contributed by atoms with Gasteiger partial charge < -0.3 is 16.4 Å². The molecule has 2 aromatic carbocycles. The third-order valence-electron chi connectivity index (χ3n) is 4.60. The maximum atomic E-state index is 12.3. The highest BCUT2D eigenvalue weighted by Crippen LogP contribution is 2.25. The van der Waals surface area contributed by atoms with E-state index in [4.69, 9.17) is 17.3 Å². The molecular formula is C20H23Cl2N3O2. The number of rotatable bonds is 4. The largest absolute Gasteiger partial charge is 0.328 e. The number of nitrogens with one attached hydrogen (secondary N) is 2. The van der Waals surface area contributed by atoms with Crippen molar-refractivity contribution < 1.29 is 9.59 Å². The van der Waals surface area contributed by atoms with Crippen LogP contribution in [0.5, 0.6) is 0 Å². The zero-order valence-corrected chi connectivity index (χ0v) is 16.4. The molecule has 2 amide bonds. The molecule has 2 aromatic rings. The van der Waals surface area contributed by atoms with E-state index < -0.39 is 0 Å². The standard InChI is InChI=1S/C20H22ClN3O2.ClH/c21-15-6-4-13(5-7-15)19(25)23-17-8-10-18(11-9-17)24-20(26)14-2-1-3-16(22)12-14;/h4-11,14,16H,1-3,12,22H2,(H,23,25)(H,24,26);1H. The number of anilines is 2. The Balaban J connectivity index is 0.00000261. The summed E-state index contributed by atoms with van der Waals surface area (Å²) >= 11 is 5.83. The van der Waals surface area contributed by atoms with Crippen LogP contribution in [0, 0.1) is 5.92 Å². The van der Waals surface area contributed by atoms with E-state index in [2.05, 4.69) is 10.6 Å². The molecule has 0 aliphatic heterocycles. The molecule has 27 heavy (non-hydrogen) atoms. The highest BCUT2D eigenvalue weighted by molar-refractivity contribution is 6.30. The summed E-state index contributed by atoms with van der Waals surface area (Å²) < 4.78 is 0. The predicted octanol–water partition coefficient (Wildman–Crippen LogP) is 4.47. The Morgan fingerprint density at radius 3 is 2.11 bits per heavy atom. The zero-order chi connectivity index (χ0) is 18.5. The van der Waals surface area contributed by atoms with Gasteiger partial charge in [-0.25, -0.2) is 0 Å². The molecule has 4 N–H and O–H groups in total. The van der Waals surface area contributed by atoms with Gasteiger partial charge in [-0.3, -0.25) is 9.59 Å². The predicted molar refractivity (Wildman–Crippen MR) is 112 cm³/mol. The number of carbonyl (C=O) groups excluding carboxylic acids is 2. The topological polar surface area (TPSA) is 84.2 Å². The Labute approximate surface area is 170 Å². The van der Waals surface area contributed by atoms with Crippen LogP contribution in [0.2, 0.25) is 5.02 Å². The van der Waals surface area contributed by atoms with Crippen LogP contribution in [0.4, 0.5) is 11.4 Å². The lowest BCUT2D eigenvalue weighted by Gasteiger charge is -2.25. The van der Waals surface area contributed by atoms with Gasteiger partial charge in [-0.1, -0.05) is 18.0 Å². The highest BCUT2D eigenvalue weighted by atomic mass is 35.5. The monoisotopic (exact) mass is 407 g/mol. The lowest BCUT2D eigenvalue weighted by molar-refractivity contribution is -0.120. The van der Waals surface area contributed by atoms with Crippen molar-refractivity contribution in [2.75, 3.05) is 10.6 Å². The highest BCUT2D eigenvalue weighted by Gasteiger charge is 2.25. The van der Waals surface area contributed by atoms with Crippen molar-refractivity contribution in [3.8, 4) is 0 Å². The van der Waals surface area contributed by atoms with Crippen LogP contribution < -0.4 is 16.4 Å². The summed E-state index contributed by atoms with van der Waals surface area (Å²) in [4.78, 5) is 24.5. The van der Waals surface area contributed by atoms with Crippen molar-refractivity contribution >= 4 is 47.2 Å². The smallest absolute Gasteiger partial charge is 0.255 e. The molecule has 5 nitrogen and oxygen atoms in total. The Bertz CT molecular complexity index is 779. The molecule has 0 spiro atoms. The van der Waals surface area contributed by atoms with Crippen LogP contribution in [-0.2, 0) is 4.79 Å². The van der Waals surface area contributed by atoms with Gasteiger partial charge in [0.15, 0.2) is 0 Å². The summed E-state index contributed by atoms with van der Waals surface area (Å²) in [6.07, 6.45) is 3.61. The van der Waals surface area contributed by atoms with E-state index in [9.17, 15) is 9.59 Å². The lowest BCUT2D eigenvalue weighted by atomic mass is 9.85. The molecule has 144 valence electrons. The molecule has 1 fully saturated rings. The van der Waals surface area contributed by atoms with E-state index in [1.165, 1.54) is 0 Å². The molecule has 1 aliphatic carbocycles. The minimum Gasteiger partial charge on any atom is -0.328 e. The number of nitrogens with two attached hydrogens (primary N) is 1. The van der Waals surface area contributed by atoms with Gasteiger partial charge in [0.25, 0.3) is 5.91 Å². The molecule has 2 unspecified atom stereocenters. The third-order valence-corrected chi connectivity index (χ3v) is 4.85. The quantitative estimate of drug-likeness (QED) is 0.698. The summed E-state index contributed by atoms with van der Waals surface area (Å²) in [6, 6.07) is 13.9. The SMILES string of the molecule is Cl.NC1CCCC(C(=O)Nc2ccc(NC(=O)c3ccc(Cl)cc3)cc2)C1. The van der Waals surface area contributed by atoms with Gasteiger partial charge in [0.05, 0.1) is 0 Å². The van der Waals surface area contributed by atoms with Crippen LogP contribution in [0.15, 0.2) is 48.5 Å². The first-order chi connectivity index (χ1) is 12.5. The van der Waals surface area contributed by atoms with Crippen molar-refractivity contribution in [2.24, 2.45) is 11.7 Å². The summed E-state index contributed by atoms with van der Waals surface area (Å²) in [5.41, 5.74) is 7.84. The van der Waals surface area contributed by atoms with Crippen LogP contribution in [0.3, 0.4) is 0 Å². The van der Waals surface area contributed by atoms with E-state index >= 15 is 0 Å². The first-order valence-electron chi connectivity index (χ1n) is 8.74. The van der Waals surface area contributed by atoms with Crippen molar-refractivity contribution in [2.45, 2.75) is 31.7 Å². The number of hydrogen-bond acceptors (Lipinski definition) is 3. The molecule has 0 saturated heterocycles. The van der Waals surface area contributed by atoms with Crippen LogP contribution in [-0.4, -0.2) is 17.9 Å². The van der Waals surface area contributed by atoms with Crippen LogP contribution in [0.25, 0.3) is 0 Å². The van der Waals surface area contributed by atoms with Crippen molar-refractivity contribution in [3.05, 3.63) is 59.1 Å². The second-order valence-electron chi connectivity index (χ2n) is 6.65. The number of benzene rings is 2. The van der Waals surface area contributed by atoms with E-state index in [1.807, 2.05) is 0 Å². The van der Waals surface area contributed by atoms with Gasteiger partial charge >= 0.3 is 0 Å². The molecule has 1 saturated carbocycles. The summed E-state index contributed by atoms with van der Waals surface area (Å²) in [5.74, 6) is -0.226. The van der Waals surface area contributed by atoms with Gasteiger partial charge in [0.1, 0.15) is 0 Å². The Morgan fingerprint density at radius 1 is 0.926 bits per heavy atom. The van der Waals surface area contributed by atoms with Gasteiger partial charge in [-0.2, -0.15) is 0 Å². The molecule has 1 aliphatic rings. The molecular weight excluding hydrogens is 385 g/mol. The first-order valence-corrected chi connectivity index (χ1v) is 9.12. The van der Waals surface area contributed by atoms with Crippen LogP contribution in [0.1, 0.15) is 36.0 Å². The second-order valence-corrected chi connectivity index (χ2v) is 7.09. The van der Waals surface area contributed by atoms with Gasteiger partial charge in [-0.05, 0) is 67.8 Å². The zero-order valence-electron chi connectivity index (χ0n) is 14.8. The Kier molecular flexibility index (Phi) is 7.66. The molecule has 0 bridgehead atoms. The van der Waals surface area contributed by atoms with Crippen molar-refractivity contribution in [3.63, 3.8) is 0 Å². The maximum absolute atomic E-state index is 12.3. The van der Waals surface area contributed by atoms with Crippen molar-refractivity contribution in [1.82, 2.24) is 0 Å². The fraction of sp³-hybridized carbons (Fsp3) is 0.300. The minimum absolute atomic E-state index is 0. The molecule has 7 heteroatoms. The normalized spacial score (nSPS) is 18.9. The molecule has 2 atom stereocenters. The molecule has 3 rings (SSSR count). The van der Waals surface area contributed by atoms with E-state index in [1.54, 1.807) is 48.5 Å². The summed E-state index contributed by atoms with van der Waals surface area (Å²) in [5, 5.41) is 6.33. The number of amides is 2. The van der Waals surface area contributed by atoms with Gasteiger partial charge in [-0.15, -0.1) is 12.4 Å². The Hall–Kier alpha value is -2.08. The summed E-state index contributed by atoms with van der Waals surface area (Å²) in [6.45, 7) is 0. The van der Waals surface area contributed by atoms with Gasteiger partial charge in [0.2, 0.25) is 5.91 Å². The molecule has 0 aromatic heterocycles. The number of halogens is 2. The maximum Gasteiger partial charge on any atom is 0.255 e. The van der Waals surface area contributed by atoms with E-state index in [0.717, 1.165) is 25.7 Å².